The SMILES string of the molecule is OB(O)c1cc([B]C(F)(F)F)cc([B]C(F)(F)F)c1. The van der Waals surface area contributed by atoms with E-state index in [9.17, 15) is 26.3 Å². The lowest BCUT2D eigenvalue weighted by Gasteiger charge is -2.11. The second kappa shape index (κ2) is 5.50. The van der Waals surface area contributed by atoms with E-state index in [-0.39, 0.29) is 14.6 Å². The van der Waals surface area contributed by atoms with Gasteiger partial charge in [0.2, 0.25) is 0 Å². The first-order valence-electron chi connectivity index (χ1n) is 4.83. The van der Waals surface area contributed by atoms with Gasteiger partial charge < -0.3 is 10.0 Å². The molecular formula is C8H5B3F6O2. The Morgan fingerprint density at radius 2 is 1.16 bits per heavy atom. The van der Waals surface area contributed by atoms with Crippen LogP contribution in [0.4, 0.5) is 26.3 Å². The molecule has 0 unspecified atom stereocenters. The largest absolute Gasteiger partial charge is 0.488 e. The van der Waals surface area contributed by atoms with Crippen LogP contribution in [0.3, 0.4) is 0 Å². The number of halogens is 6. The number of alkyl halides is 6. The molecule has 0 aromatic heterocycles. The van der Waals surface area contributed by atoms with Gasteiger partial charge in [-0.15, -0.1) is 0 Å². The fourth-order valence-corrected chi connectivity index (χ4v) is 1.40. The number of hydrogen-bond acceptors (Lipinski definition) is 2. The minimum absolute atomic E-state index is 0.230. The molecular weight excluding hydrogens is 275 g/mol. The predicted molar refractivity (Wildman–Crippen MR) is 59.2 cm³/mol. The Hall–Kier alpha value is -1.09. The van der Waals surface area contributed by atoms with Crippen LogP contribution in [-0.2, 0) is 0 Å². The van der Waals surface area contributed by atoms with E-state index in [1.807, 2.05) is 0 Å². The van der Waals surface area contributed by atoms with Gasteiger partial charge in [0.05, 0.1) is 0 Å². The van der Waals surface area contributed by atoms with E-state index in [1.54, 1.807) is 0 Å². The molecule has 0 saturated carbocycles. The van der Waals surface area contributed by atoms with E-state index in [2.05, 4.69) is 0 Å². The first-order valence-corrected chi connectivity index (χ1v) is 4.83. The van der Waals surface area contributed by atoms with Crippen molar-refractivity contribution in [3.8, 4) is 0 Å². The summed E-state index contributed by atoms with van der Waals surface area (Å²) in [5, 5.41) is 17.7. The zero-order valence-electron chi connectivity index (χ0n) is 9.13. The van der Waals surface area contributed by atoms with Crippen molar-refractivity contribution in [3.63, 3.8) is 0 Å². The molecule has 0 aliphatic rings. The van der Waals surface area contributed by atoms with E-state index in [1.165, 1.54) is 0 Å². The van der Waals surface area contributed by atoms with Crippen LogP contribution in [0.5, 0.6) is 0 Å². The highest BCUT2D eigenvalue weighted by atomic mass is 19.4. The highest BCUT2D eigenvalue weighted by Gasteiger charge is 2.33. The third kappa shape index (κ3) is 6.06. The minimum atomic E-state index is -4.73. The summed E-state index contributed by atoms with van der Waals surface area (Å²) in [5.74, 6) is 0. The Kier molecular flexibility index (Phi) is 4.62. The van der Waals surface area contributed by atoms with Crippen LogP contribution < -0.4 is 16.4 Å². The Morgan fingerprint density at radius 3 is 1.42 bits per heavy atom. The zero-order chi connectivity index (χ0) is 14.8. The quantitative estimate of drug-likeness (QED) is 0.554. The summed E-state index contributed by atoms with van der Waals surface area (Å²) < 4.78 is 72.8. The molecule has 2 N–H and O–H groups in total. The molecule has 0 bridgehead atoms. The lowest BCUT2D eigenvalue weighted by atomic mass is 9.60. The van der Waals surface area contributed by atoms with E-state index < -0.39 is 35.7 Å². The minimum Gasteiger partial charge on any atom is -0.423 e. The van der Waals surface area contributed by atoms with Crippen LogP contribution in [0.1, 0.15) is 0 Å². The third-order valence-corrected chi connectivity index (χ3v) is 1.96. The van der Waals surface area contributed by atoms with Crippen molar-refractivity contribution in [3.05, 3.63) is 18.2 Å². The average molecular weight is 280 g/mol. The first kappa shape index (κ1) is 16.0. The molecule has 100 valence electrons. The molecule has 0 atom stereocenters. The fourth-order valence-electron chi connectivity index (χ4n) is 1.40. The molecule has 2 nitrogen and oxygen atoms in total. The van der Waals surface area contributed by atoms with Gasteiger partial charge in [0.15, 0.2) is 0 Å². The smallest absolute Gasteiger partial charge is 0.423 e. The normalized spacial score (nSPS) is 12.2. The van der Waals surface area contributed by atoms with Gasteiger partial charge in [0.25, 0.3) is 14.6 Å². The van der Waals surface area contributed by atoms with Gasteiger partial charge in [-0.2, -0.15) is 26.3 Å². The topological polar surface area (TPSA) is 40.5 Å². The van der Waals surface area contributed by atoms with Crippen molar-refractivity contribution in [2.75, 3.05) is 0 Å². The summed E-state index contributed by atoms with van der Waals surface area (Å²) in [6.07, 6.45) is -9.46. The molecule has 0 heterocycles. The Balaban J connectivity index is 3.11. The lowest BCUT2D eigenvalue weighted by Crippen LogP contribution is -2.43. The second-order valence-electron chi connectivity index (χ2n) is 3.68. The third-order valence-electron chi connectivity index (χ3n) is 1.96. The van der Waals surface area contributed by atoms with Crippen molar-refractivity contribution >= 4 is 38.1 Å². The molecule has 1 rings (SSSR count). The summed E-state index contributed by atoms with van der Waals surface area (Å²) in [6.45, 7) is 0. The van der Waals surface area contributed by atoms with Crippen molar-refractivity contribution in [2.45, 2.75) is 12.2 Å². The molecule has 0 spiro atoms. The van der Waals surface area contributed by atoms with Gasteiger partial charge >= 0.3 is 19.3 Å². The summed E-state index contributed by atoms with van der Waals surface area (Å²) in [5.41, 5.74) is -1.67. The second-order valence-corrected chi connectivity index (χ2v) is 3.68. The maximum absolute atomic E-state index is 12.1. The molecule has 1 aromatic carbocycles. The zero-order valence-corrected chi connectivity index (χ0v) is 9.13. The molecule has 1 aromatic rings. The summed E-state index contributed by atoms with van der Waals surface area (Å²) in [6, 6.07) is 2.13. The first-order chi connectivity index (χ1) is 8.46. The van der Waals surface area contributed by atoms with Gasteiger partial charge in [-0.05, 0) is 5.46 Å². The molecule has 0 saturated heterocycles. The van der Waals surface area contributed by atoms with Crippen LogP contribution in [-0.4, -0.2) is 43.9 Å². The Morgan fingerprint density at radius 1 is 0.789 bits per heavy atom. The Bertz CT molecular complexity index is 411. The van der Waals surface area contributed by atoms with Crippen LogP contribution in [0, 0.1) is 0 Å². The predicted octanol–water partition coefficient (Wildman–Crippen LogP) is -0.935. The van der Waals surface area contributed by atoms with Crippen LogP contribution in [0.2, 0.25) is 0 Å². The number of hydrogen-bond donors (Lipinski definition) is 2. The standard InChI is InChI=1S/C8H5B3F6O2/c12-7(13,14)9-4-1-5(10-8(15,16)17)3-6(2-4)11(18)19/h1-3,18-19H. The van der Waals surface area contributed by atoms with Gasteiger partial charge in [-0.1, -0.05) is 29.1 Å². The molecule has 2 radical (unpaired) electrons. The molecule has 0 amide bonds. The summed E-state index contributed by atoms with van der Waals surface area (Å²) >= 11 is 0. The van der Waals surface area contributed by atoms with Crippen LogP contribution >= 0.6 is 0 Å². The molecule has 0 aliphatic carbocycles. The van der Waals surface area contributed by atoms with Gasteiger partial charge in [0, 0.05) is 0 Å². The fraction of sp³-hybridized carbons (Fsp3) is 0.250. The summed E-state index contributed by atoms with van der Waals surface area (Å²) in [7, 11) is -2.62. The van der Waals surface area contributed by atoms with Crippen LogP contribution in [0.15, 0.2) is 18.2 Å². The monoisotopic (exact) mass is 280 g/mol. The maximum Gasteiger partial charge on any atom is 0.488 e. The van der Waals surface area contributed by atoms with E-state index in [4.69, 9.17) is 10.0 Å². The average Bonchev–Trinajstić information content (AvgIpc) is 2.10. The van der Waals surface area contributed by atoms with E-state index in [0.29, 0.717) is 6.07 Å². The van der Waals surface area contributed by atoms with Crippen LogP contribution in [0.25, 0.3) is 0 Å². The van der Waals surface area contributed by atoms with Gasteiger partial charge in [0.1, 0.15) is 0 Å². The highest BCUT2D eigenvalue weighted by molar-refractivity contribution is 6.64. The molecule has 0 fully saturated rings. The van der Waals surface area contributed by atoms with Gasteiger partial charge in [-0.3, -0.25) is 0 Å². The lowest BCUT2D eigenvalue weighted by molar-refractivity contribution is -0.0462. The van der Waals surface area contributed by atoms with Crippen molar-refractivity contribution in [1.82, 2.24) is 0 Å². The molecule has 11 heteroatoms. The van der Waals surface area contributed by atoms with Gasteiger partial charge in [-0.25, -0.2) is 0 Å². The molecule has 19 heavy (non-hydrogen) atoms. The van der Waals surface area contributed by atoms with Crippen molar-refractivity contribution < 1.29 is 36.4 Å². The summed E-state index contributed by atoms with van der Waals surface area (Å²) in [4.78, 5) is 0. The number of rotatable bonds is 3. The maximum atomic E-state index is 12.1. The van der Waals surface area contributed by atoms with E-state index >= 15 is 0 Å². The highest BCUT2D eigenvalue weighted by Crippen LogP contribution is 2.13. The van der Waals surface area contributed by atoms with Crippen molar-refractivity contribution in [1.29, 1.82) is 0 Å². The molecule has 0 aliphatic heterocycles. The Labute approximate surface area is 106 Å². The number of benzene rings is 1. The van der Waals surface area contributed by atoms with E-state index in [0.717, 1.165) is 12.1 Å². The van der Waals surface area contributed by atoms with Crippen molar-refractivity contribution in [2.24, 2.45) is 0 Å².